The summed E-state index contributed by atoms with van der Waals surface area (Å²) in [5.41, 5.74) is 1.32. The fourth-order valence-electron chi connectivity index (χ4n) is 2.04. The molecule has 0 spiro atoms. The number of alkyl halides is 3. The number of likely N-dealkylation sites (N-methyl/N-ethyl adjacent to an activating group) is 1. The van der Waals surface area contributed by atoms with E-state index < -0.39 is 12.8 Å². The van der Waals surface area contributed by atoms with Gasteiger partial charge in [0.2, 0.25) is 5.91 Å². The predicted molar refractivity (Wildman–Crippen MR) is 103 cm³/mol. The van der Waals surface area contributed by atoms with E-state index in [0.717, 1.165) is 5.56 Å². The largest absolute Gasteiger partial charge is 0.484 e. The SMILES string of the molecule is Cc1ccc(CN=C(NCC(=O)N(C)C)NCC(C)C)c(OCC(F)(F)F)c1. The summed E-state index contributed by atoms with van der Waals surface area (Å²) in [4.78, 5) is 17.6. The van der Waals surface area contributed by atoms with E-state index >= 15 is 0 Å². The molecular weight excluding hydrogens is 373 g/mol. The van der Waals surface area contributed by atoms with Gasteiger partial charge < -0.3 is 20.3 Å². The second-order valence-corrected chi connectivity index (χ2v) is 7.10. The van der Waals surface area contributed by atoms with Crippen molar-refractivity contribution < 1.29 is 22.7 Å². The van der Waals surface area contributed by atoms with Gasteiger partial charge in [-0.2, -0.15) is 13.2 Å². The number of hydrogen-bond donors (Lipinski definition) is 2. The van der Waals surface area contributed by atoms with Crippen molar-refractivity contribution in [2.75, 3.05) is 33.8 Å². The normalized spacial score (nSPS) is 12.1. The van der Waals surface area contributed by atoms with E-state index in [4.69, 9.17) is 4.74 Å². The van der Waals surface area contributed by atoms with Gasteiger partial charge in [-0.25, -0.2) is 4.99 Å². The van der Waals surface area contributed by atoms with Crippen LogP contribution in [0.2, 0.25) is 0 Å². The highest BCUT2D eigenvalue weighted by molar-refractivity contribution is 5.86. The summed E-state index contributed by atoms with van der Waals surface area (Å²) < 4.78 is 42.4. The van der Waals surface area contributed by atoms with Gasteiger partial charge in [0.05, 0.1) is 13.1 Å². The number of carbonyl (C=O) groups is 1. The number of ether oxygens (including phenoxy) is 1. The number of benzene rings is 1. The Kier molecular flexibility index (Phi) is 9.08. The molecule has 28 heavy (non-hydrogen) atoms. The van der Waals surface area contributed by atoms with Gasteiger partial charge in [-0.1, -0.05) is 26.0 Å². The molecule has 0 saturated carbocycles. The molecule has 0 radical (unpaired) electrons. The molecule has 0 aliphatic rings. The summed E-state index contributed by atoms with van der Waals surface area (Å²) in [6, 6.07) is 5.03. The van der Waals surface area contributed by atoms with Crippen LogP contribution in [0.15, 0.2) is 23.2 Å². The topological polar surface area (TPSA) is 66.0 Å². The molecule has 0 heterocycles. The van der Waals surface area contributed by atoms with Crippen LogP contribution >= 0.6 is 0 Å². The zero-order chi connectivity index (χ0) is 21.3. The van der Waals surface area contributed by atoms with Crippen LogP contribution in [0.1, 0.15) is 25.0 Å². The average molecular weight is 402 g/mol. The first-order chi connectivity index (χ1) is 13.0. The Morgan fingerprint density at radius 2 is 1.93 bits per heavy atom. The van der Waals surface area contributed by atoms with Crippen LogP contribution in [-0.2, 0) is 11.3 Å². The second kappa shape index (κ2) is 10.8. The van der Waals surface area contributed by atoms with Crippen molar-refractivity contribution in [2.45, 2.75) is 33.5 Å². The molecule has 158 valence electrons. The van der Waals surface area contributed by atoms with Crippen molar-refractivity contribution >= 4 is 11.9 Å². The molecule has 0 unspecified atom stereocenters. The number of carbonyl (C=O) groups excluding carboxylic acids is 1. The minimum atomic E-state index is -4.41. The molecule has 1 rings (SSSR count). The van der Waals surface area contributed by atoms with Gasteiger partial charge in [0.1, 0.15) is 5.75 Å². The fraction of sp³-hybridized carbons (Fsp3) is 0.579. The molecule has 0 aliphatic carbocycles. The van der Waals surface area contributed by atoms with Crippen molar-refractivity contribution in [1.82, 2.24) is 15.5 Å². The Balaban J connectivity index is 2.91. The predicted octanol–water partition coefficient (Wildman–Crippen LogP) is 2.72. The highest BCUT2D eigenvalue weighted by atomic mass is 19.4. The maximum Gasteiger partial charge on any atom is 0.422 e. The summed E-state index contributed by atoms with van der Waals surface area (Å²) in [5, 5.41) is 6.06. The maximum absolute atomic E-state index is 12.5. The molecule has 1 aromatic rings. The number of aryl methyl sites for hydroxylation is 1. The van der Waals surface area contributed by atoms with Crippen molar-refractivity contribution in [3.63, 3.8) is 0 Å². The number of aliphatic imine (C=N–C) groups is 1. The van der Waals surface area contributed by atoms with E-state index in [9.17, 15) is 18.0 Å². The zero-order valence-electron chi connectivity index (χ0n) is 17.0. The van der Waals surface area contributed by atoms with Gasteiger partial charge in [-0.15, -0.1) is 0 Å². The summed E-state index contributed by atoms with van der Waals surface area (Å²) in [6.45, 7) is 5.27. The number of rotatable bonds is 8. The number of halogens is 3. The average Bonchev–Trinajstić information content (AvgIpc) is 2.59. The Morgan fingerprint density at radius 3 is 2.50 bits per heavy atom. The molecule has 1 aromatic carbocycles. The van der Waals surface area contributed by atoms with Crippen molar-refractivity contribution in [2.24, 2.45) is 10.9 Å². The zero-order valence-corrected chi connectivity index (χ0v) is 17.0. The van der Waals surface area contributed by atoms with Gasteiger partial charge in [-0.05, 0) is 24.5 Å². The lowest BCUT2D eigenvalue weighted by Crippen LogP contribution is -2.44. The van der Waals surface area contributed by atoms with Crippen LogP contribution in [-0.4, -0.2) is 56.7 Å². The molecule has 0 aliphatic heterocycles. The molecule has 0 atom stereocenters. The van der Waals surface area contributed by atoms with E-state index in [1.807, 2.05) is 13.8 Å². The van der Waals surface area contributed by atoms with E-state index in [2.05, 4.69) is 15.6 Å². The minimum Gasteiger partial charge on any atom is -0.484 e. The van der Waals surface area contributed by atoms with Crippen LogP contribution in [0.3, 0.4) is 0 Å². The van der Waals surface area contributed by atoms with Crippen molar-refractivity contribution in [3.05, 3.63) is 29.3 Å². The van der Waals surface area contributed by atoms with Crippen LogP contribution in [0, 0.1) is 12.8 Å². The van der Waals surface area contributed by atoms with Gasteiger partial charge in [0.15, 0.2) is 12.6 Å². The lowest BCUT2D eigenvalue weighted by atomic mass is 10.1. The molecule has 0 saturated heterocycles. The third-order valence-corrected chi connectivity index (χ3v) is 3.61. The summed E-state index contributed by atoms with van der Waals surface area (Å²) in [7, 11) is 3.30. The van der Waals surface area contributed by atoms with Gasteiger partial charge in [0, 0.05) is 26.2 Å². The second-order valence-electron chi connectivity index (χ2n) is 7.10. The van der Waals surface area contributed by atoms with Crippen LogP contribution in [0.5, 0.6) is 5.75 Å². The highest BCUT2D eigenvalue weighted by Gasteiger charge is 2.28. The van der Waals surface area contributed by atoms with Gasteiger partial charge in [-0.3, -0.25) is 4.79 Å². The van der Waals surface area contributed by atoms with E-state index in [1.54, 1.807) is 39.2 Å². The molecule has 6 nitrogen and oxygen atoms in total. The lowest BCUT2D eigenvalue weighted by molar-refractivity contribution is -0.153. The smallest absolute Gasteiger partial charge is 0.422 e. The molecule has 9 heteroatoms. The molecule has 0 aromatic heterocycles. The lowest BCUT2D eigenvalue weighted by Gasteiger charge is -2.17. The molecular formula is C19H29F3N4O2. The first kappa shape index (κ1) is 23.6. The quantitative estimate of drug-likeness (QED) is 0.518. The van der Waals surface area contributed by atoms with E-state index in [1.165, 1.54) is 4.90 Å². The van der Waals surface area contributed by atoms with Crippen molar-refractivity contribution in [3.8, 4) is 5.75 Å². The Morgan fingerprint density at radius 1 is 1.25 bits per heavy atom. The Hall–Kier alpha value is -2.45. The van der Waals surface area contributed by atoms with E-state index in [0.29, 0.717) is 24.0 Å². The Labute approximate surface area is 164 Å². The van der Waals surface area contributed by atoms with Gasteiger partial charge >= 0.3 is 6.18 Å². The van der Waals surface area contributed by atoms with Crippen LogP contribution in [0.25, 0.3) is 0 Å². The van der Waals surface area contributed by atoms with Crippen LogP contribution < -0.4 is 15.4 Å². The van der Waals surface area contributed by atoms with Crippen LogP contribution in [0.4, 0.5) is 13.2 Å². The first-order valence-corrected chi connectivity index (χ1v) is 8.99. The Bertz CT molecular complexity index is 674. The number of amides is 1. The monoisotopic (exact) mass is 402 g/mol. The van der Waals surface area contributed by atoms with Crippen molar-refractivity contribution in [1.29, 1.82) is 0 Å². The summed E-state index contributed by atoms with van der Waals surface area (Å²) in [5.74, 6) is 0.782. The third-order valence-electron chi connectivity index (χ3n) is 3.61. The number of guanidine groups is 1. The first-order valence-electron chi connectivity index (χ1n) is 8.99. The number of hydrogen-bond acceptors (Lipinski definition) is 3. The minimum absolute atomic E-state index is 0.0578. The number of nitrogens with zero attached hydrogens (tertiary/aromatic N) is 2. The number of nitrogens with one attached hydrogen (secondary N) is 2. The standard InChI is InChI=1S/C19H29F3N4O2/c1-13(2)9-23-18(25-11-17(27)26(4)5)24-10-15-7-6-14(3)8-16(15)28-12-19(20,21)22/h6-8,13H,9-12H2,1-5H3,(H2,23,24,25). The summed E-state index contributed by atoms with van der Waals surface area (Å²) >= 11 is 0. The molecule has 0 bridgehead atoms. The molecule has 1 amide bonds. The highest BCUT2D eigenvalue weighted by Crippen LogP contribution is 2.24. The third kappa shape index (κ3) is 9.48. The summed E-state index contributed by atoms with van der Waals surface area (Å²) in [6.07, 6.45) is -4.41. The van der Waals surface area contributed by atoms with E-state index in [-0.39, 0.29) is 24.7 Å². The molecule has 2 N–H and O–H groups in total. The maximum atomic E-state index is 12.5. The fourth-order valence-corrected chi connectivity index (χ4v) is 2.04. The molecule has 0 fully saturated rings. The van der Waals surface area contributed by atoms with Gasteiger partial charge in [0.25, 0.3) is 0 Å².